The summed E-state index contributed by atoms with van der Waals surface area (Å²) in [5, 5.41) is 2.45. The monoisotopic (exact) mass is 711 g/mol. The zero-order valence-corrected chi connectivity index (χ0v) is 32.5. The molecule has 55 heavy (non-hydrogen) atoms. The minimum Gasteiger partial charge on any atom is -0.317 e. The maximum Gasteiger partial charge on any atom is 0.0536 e. The smallest absolute Gasteiger partial charge is 0.0536 e. The fourth-order valence-electron chi connectivity index (χ4n) is 9.39. The molecule has 6 aromatic carbocycles. The molecule has 2 aliphatic rings. The van der Waals surface area contributed by atoms with Crippen LogP contribution >= 0.6 is 0 Å². The van der Waals surface area contributed by atoms with E-state index in [-0.39, 0.29) is 11.3 Å². The largest absolute Gasteiger partial charge is 0.317 e. The highest BCUT2D eigenvalue weighted by atomic mass is 15.1. The highest BCUT2D eigenvalue weighted by molar-refractivity contribution is 6.02. The summed E-state index contributed by atoms with van der Waals surface area (Å²) in [5.41, 5.74) is 14.6. The van der Waals surface area contributed by atoms with Crippen LogP contribution in [0.2, 0.25) is 0 Å². The first-order valence-electron chi connectivity index (χ1n) is 19.5. The van der Waals surface area contributed by atoms with Crippen molar-refractivity contribution in [3.63, 3.8) is 0 Å². The van der Waals surface area contributed by atoms with Gasteiger partial charge in [-0.25, -0.2) is 0 Å². The van der Waals surface area contributed by atoms with Gasteiger partial charge in [0, 0.05) is 22.7 Å². The van der Waals surface area contributed by atoms with E-state index in [9.17, 15) is 0 Å². The summed E-state index contributed by atoms with van der Waals surface area (Å²) in [6, 6.07) is 46.9. The van der Waals surface area contributed by atoms with Gasteiger partial charge in [0.05, 0.1) is 11.1 Å². The molecule has 0 aliphatic heterocycles. The second kappa shape index (κ2) is 14.6. The maximum absolute atomic E-state index is 4.43. The summed E-state index contributed by atoms with van der Waals surface area (Å²) in [6.45, 7) is 17.5. The Morgan fingerprint density at radius 1 is 0.673 bits per heavy atom. The van der Waals surface area contributed by atoms with Gasteiger partial charge in [-0.15, -0.1) is 13.2 Å². The Kier molecular flexibility index (Phi) is 9.49. The second-order valence-electron chi connectivity index (χ2n) is 15.4. The van der Waals surface area contributed by atoms with Gasteiger partial charge in [-0.05, 0) is 111 Å². The Morgan fingerprint density at radius 3 is 2.09 bits per heavy atom. The van der Waals surface area contributed by atoms with Gasteiger partial charge in [-0.3, -0.25) is 0 Å². The number of aryl methyl sites for hydroxylation is 1. The third kappa shape index (κ3) is 5.96. The van der Waals surface area contributed by atoms with Crippen LogP contribution in [0.15, 0.2) is 189 Å². The molecule has 0 spiro atoms. The Morgan fingerprint density at radius 2 is 1.35 bits per heavy atom. The average Bonchev–Trinajstić information content (AvgIpc) is 3.66. The second-order valence-corrected chi connectivity index (χ2v) is 15.4. The highest BCUT2D eigenvalue weighted by Crippen LogP contribution is 2.58. The molecular weight excluding hydrogens is 663 g/mol. The number of allylic oxidation sites excluding steroid dienone is 8. The van der Waals surface area contributed by atoms with Crippen molar-refractivity contribution in [2.75, 3.05) is 4.90 Å². The number of anilines is 2. The molecule has 2 atom stereocenters. The van der Waals surface area contributed by atoms with Gasteiger partial charge in [-0.1, -0.05) is 166 Å². The zero-order chi connectivity index (χ0) is 38.2. The van der Waals surface area contributed by atoms with Crippen molar-refractivity contribution in [3.05, 3.63) is 228 Å². The fourth-order valence-corrected chi connectivity index (χ4v) is 9.39. The number of hydrogen-bond acceptors (Lipinski definition) is 1. The molecule has 0 heterocycles. The lowest BCUT2D eigenvalue weighted by atomic mass is 9.63. The average molecular weight is 712 g/mol. The maximum atomic E-state index is 4.43. The summed E-state index contributed by atoms with van der Waals surface area (Å²) in [6.07, 6.45) is 20.6. The predicted octanol–water partition coefficient (Wildman–Crippen LogP) is 14.5. The van der Waals surface area contributed by atoms with Gasteiger partial charge in [0.15, 0.2) is 0 Å². The number of benzene rings is 6. The summed E-state index contributed by atoms with van der Waals surface area (Å²) >= 11 is 0. The molecule has 0 saturated heterocycles. The third-order valence-electron chi connectivity index (χ3n) is 11.8. The summed E-state index contributed by atoms with van der Waals surface area (Å²) in [4.78, 5) is 2.38. The summed E-state index contributed by atoms with van der Waals surface area (Å²) in [5.74, 6) is 0.0898. The lowest BCUT2D eigenvalue weighted by molar-refractivity contribution is 0.461. The van der Waals surface area contributed by atoms with Crippen LogP contribution in [-0.2, 0) is 10.8 Å². The molecule has 0 amide bonds. The van der Waals surface area contributed by atoms with Crippen LogP contribution in [0.5, 0.6) is 0 Å². The topological polar surface area (TPSA) is 3.24 Å². The molecule has 8 rings (SSSR count). The van der Waals surface area contributed by atoms with Crippen LogP contribution in [0.4, 0.5) is 11.4 Å². The minimum atomic E-state index is -0.447. The standard InChI is InChI=1S/C54H49N/c1-7-21-40(9-3)54(41-24-11-10-12-25-41)50-31-18-16-28-46(50)47-33-32-42(36-51(47)54)55(52-35-38(4)43(22-8-2)45-27-13-14-29-48(45)52)34-20-19-23-39-37-53(5,6)49-30-17-15-26-44(39)49/h7-20,22-37,40H,1,3,21H2,2,4-6H3/b22-8-,23-19-,34-20+. The first-order chi connectivity index (χ1) is 26.8. The van der Waals surface area contributed by atoms with Crippen LogP contribution < -0.4 is 4.90 Å². The number of fused-ring (bicyclic) bond motifs is 5. The van der Waals surface area contributed by atoms with Crippen molar-refractivity contribution >= 4 is 33.8 Å². The van der Waals surface area contributed by atoms with Crippen LogP contribution in [-0.4, -0.2) is 0 Å². The van der Waals surface area contributed by atoms with Crippen LogP contribution in [0, 0.1) is 12.8 Å². The molecule has 0 N–H and O–H groups in total. The van der Waals surface area contributed by atoms with Gasteiger partial charge < -0.3 is 4.90 Å². The number of hydrogen-bond donors (Lipinski definition) is 0. The van der Waals surface area contributed by atoms with E-state index >= 15 is 0 Å². The summed E-state index contributed by atoms with van der Waals surface area (Å²) < 4.78 is 0. The minimum absolute atomic E-state index is 0.000713. The molecule has 270 valence electrons. The van der Waals surface area contributed by atoms with E-state index in [4.69, 9.17) is 0 Å². The van der Waals surface area contributed by atoms with Crippen molar-refractivity contribution in [2.24, 2.45) is 5.92 Å². The van der Waals surface area contributed by atoms with Crippen molar-refractivity contribution < 1.29 is 0 Å². The lowest BCUT2D eigenvalue weighted by Gasteiger charge is -2.39. The van der Waals surface area contributed by atoms with E-state index in [1.807, 2.05) is 6.08 Å². The molecule has 0 aromatic heterocycles. The lowest BCUT2D eigenvalue weighted by Crippen LogP contribution is -2.35. The SMILES string of the molecule is C=CCC(C=C)C1(c2ccccc2)c2ccccc2-c2ccc(N(/C=C/C=C\C3=CC(C)(C)c4ccccc43)c3cc(C)c(/C=C\C)c4ccccc34)cc21. The molecule has 0 radical (unpaired) electrons. The molecule has 6 aromatic rings. The van der Waals surface area contributed by atoms with E-state index in [0.29, 0.717) is 0 Å². The molecule has 0 bridgehead atoms. The van der Waals surface area contributed by atoms with Crippen molar-refractivity contribution in [1.29, 1.82) is 0 Å². The summed E-state index contributed by atoms with van der Waals surface area (Å²) in [7, 11) is 0. The van der Waals surface area contributed by atoms with E-state index < -0.39 is 5.41 Å². The van der Waals surface area contributed by atoms with Gasteiger partial charge in [0.1, 0.15) is 0 Å². The van der Waals surface area contributed by atoms with Gasteiger partial charge >= 0.3 is 0 Å². The number of rotatable bonds is 11. The molecule has 0 fully saturated rings. The highest BCUT2D eigenvalue weighted by Gasteiger charge is 2.48. The van der Waals surface area contributed by atoms with Crippen molar-refractivity contribution in [3.8, 4) is 11.1 Å². The first kappa shape index (κ1) is 35.8. The molecule has 2 aliphatic carbocycles. The Bertz CT molecular complexity index is 2560. The van der Waals surface area contributed by atoms with Gasteiger partial charge in [0.2, 0.25) is 0 Å². The molecule has 2 unspecified atom stereocenters. The van der Waals surface area contributed by atoms with Crippen LogP contribution in [0.25, 0.3) is 33.5 Å². The Hall–Kier alpha value is -6.18. The quantitative estimate of drug-likeness (QED) is 0.0955. The van der Waals surface area contributed by atoms with Crippen LogP contribution in [0.3, 0.4) is 0 Å². The zero-order valence-electron chi connectivity index (χ0n) is 32.5. The number of nitrogens with zero attached hydrogens (tertiary/aromatic N) is 1. The molecule has 1 heteroatoms. The molecule has 0 saturated carbocycles. The van der Waals surface area contributed by atoms with E-state index in [0.717, 1.165) is 17.8 Å². The predicted molar refractivity (Wildman–Crippen MR) is 238 cm³/mol. The Labute approximate surface area is 327 Å². The van der Waals surface area contributed by atoms with Gasteiger partial charge in [0.25, 0.3) is 0 Å². The van der Waals surface area contributed by atoms with Crippen molar-refractivity contribution in [2.45, 2.75) is 44.9 Å². The normalized spacial score (nSPS) is 17.3. The van der Waals surface area contributed by atoms with Crippen molar-refractivity contribution in [1.82, 2.24) is 0 Å². The first-order valence-corrected chi connectivity index (χ1v) is 19.5. The fraction of sp³-hybridized carbons (Fsp3) is 0.148. The van der Waals surface area contributed by atoms with Gasteiger partial charge in [-0.2, -0.15) is 0 Å². The molecular formula is C54H49N. The van der Waals surface area contributed by atoms with E-state index in [1.54, 1.807) is 0 Å². The third-order valence-corrected chi connectivity index (χ3v) is 11.8. The Balaban J connectivity index is 1.35. The van der Waals surface area contributed by atoms with E-state index in [1.165, 1.54) is 66.4 Å². The van der Waals surface area contributed by atoms with Crippen LogP contribution in [0.1, 0.15) is 66.1 Å². The molecule has 1 nitrogen and oxygen atoms in total. The van der Waals surface area contributed by atoms with E-state index in [2.05, 4.69) is 222 Å².